The van der Waals surface area contributed by atoms with Gasteiger partial charge in [-0.15, -0.1) is 0 Å². The molecule has 3 aliphatic rings. The van der Waals surface area contributed by atoms with Crippen LogP contribution in [0, 0.1) is 5.92 Å². The van der Waals surface area contributed by atoms with Crippen molar-refractivity contribution >= 4 is 85.5 Å². The lowest BCUT2D eigenvalue weighted by molar-refractivity contribution is 0.393. The summed E-state index contributed by atoms with van der Waals surface area (Å²) in [5.74, 6) is 0.702. The number of anilines is 6. The lowest BCUT2D eigenvalue weighted by Crippen LogP contribution is -2.27. The molecule has 0 saturated heterocycles. The van der Waals surface area contributed by atoms with Crippen molar-refractivity contribution < 1.29 is 0 Å². The zero-order valence-electron chi connectivity index (χ0n) is 49.1. The molecule has 0 N–H and O–H groups in total. The van der Waals surface area contributed by atoms with Gasteiger partial charge in [-0.3, -0.25) is 0 Å². The van der Waals surface area contributed by atoms with Crippen LogP contribution in [-0.4, -0.2) is 0 Å². The Morgan fingerprint density at radius 1 is 0.314 bits per heavy atom. The van der Waals surface area contributed by atoms with Gasteiger partial charge in [0.05, 0.1) is 0 Å². The largest absolute Gasteiger partial charge is 0.310 e. The van der Waals surface area contributed by atoms with Crippen LogP contribution in [-0.2, 0) is 10.8 Å². The summed E-state index contributed by atoms with van der Waals surface area (Å²) in [5, 5.41) is 4.94. The Bertz CT molecular complexity index is 4660. The molecule has 0 fully saturated rings. The second kappa shape index (κ2) is 21.4. The monoisotopic (exact) mass is 1100 g/mol. The van der Waals surface area contributed by atoms with E-state index in [2.05, 4.69) is 353 Å². The molecule has 0 aromatic heterocycles. The first kappa shape index (κ1) is 52.5. The van der Waals surface area contributed by atoms with Crippen LogP contribution in [0.25, 0.3) is 73.7 Å². The van der Waals surface area contributed by atoms with Gasteiger partial charge in [-0.1, -0.05) is 264 Å². The summed E-state index contributed by atoms with van der Waals surface area (Å²) >= 11 is 0. The van der Waals surface area contributed by atoms with Crippen molar-refractivity contribution in [2.24, 2.45) is 5.92 Å². The molecule has 12 aromatic carbocycles. The van der Waals surface area contributed by atoms with Crippen molar-refractivity contribution in [2.75, 3.05) is 9.80 Å². The smallest absolute Gasteiger partial charge is 0.0468 e. The molecule has 15 rings (SSSR count). The summed E-state index contributed by atoms with van der Waals surface area (Å²) in [5.41, 5.74) is 24.9. The number of nitrogens with zero attached hydrogens (tertiary/aromatic N) is 2. The second-order valence-electron chi connectivity index (χ2n) is 24.6. The summed E-state index contributed by atoms with van der Waals surface area (Å²) in [6.07, 6.45) is 14.1. The molecule has 0 saturated carbocycles. The standard InChI is InChI=1S/C84H66N2/c1-83(2)79-53-67(63-35-27-57(28-36-63)23-25-59-31-43-71(44-32-59)85(69-19-7-5-8-20-69)73-47-39-61-15-11-13-17-65(61)51-73)41-49-75(79)77-56-82-78(55-81(77)83)76-50-42-68(54-80(76)84(82,3)4)64-37-29-58(30-38-64)24-26-60-33-45-72(46-34-60)86(70-21-9-6-10-22-70)74-48-40-62-16-12-14-18-66(62)52-74/h5-56,77,81H,1-4H3/b25-23+,26-24+. The van der Waals surface area contributed by atoms with Gasteiger partial charge in [0, 0.05) is 45.5 Å². The number of rotatable bonds is 12. The summed E-state index contributed by atoms with van der Waals surface area (Å²) in [4.78, 5) is 4.66. The van der Waals surface area contributed by atoms with E-state index in [1.807, 2.05) is 0 Å². The highest BCUT2D eigenvalue weighted by molar-refractivity contribution is 5.94. The molecule has 2 unspecified atom stereocenters. The van der Waals surface area contributed by atoms with Gasteiger partial charge < -0.3 is 9.80 Å². The predicted molar refractivity (Wildman–Crippen MR) is 367 cm³/mol. The Morgan fingerprint density at radius 2 is 0.698 bits per heavy atom. The maximum atomic E-state index is 2.64. The fraction of sp³-hybridized carbons (Fsp3) is 0.0952. The van der Waals surface area contributed by atoms with E-state index < -0.39 is 0 Å². The fourth-order valence-electron chi connectivity index (χ4n) is 14.0. The molecule has 0 radical (unpaired) electrons. The van der Waals surface area contributed by atoms with Crippen LogP contribution in [0.3, 0.4) is 0 Å². The van der Waals surface area contributed by atoms with E-state index in [1.165, 1.54) is 88.3 Å². The van der Waals surface area contributed by atoms with Crippen molar-refractivity contribution in [3.8, 4) is 22.3 Å². The molecule has 86 heavy (non-hydrogen) atoms. The molecule has 0 heterocycles. The molecule has 2 atom stereocenters. The van der Waals surface area contributed by atoms with E-state index in [-0.39, 0.29) is 10.8 Å². The highest BCUT2D eigenvalue weighted by atomic mass is 15.1. The van der Waals surface area contributed by atoms with Gasteiger partial charge in [0.25, 0.3) is 0 Å². The maximum absolute atomic E-state index is 2.64. The minimum Gasteiger partial charge on any atom is -0.310 e. The van der Waals surface area contributed by atoms with Crippen molar-refractivity contribution in [3.63, 3.8) is 0 Å². The van der Waals surface area contributed by atoms with Crippen LogP contribution in [0.4, 0.5) is 34.1 Å². The van der Waals surface area contributed by atoms with Crippen LogP contribution in [0.2, 0.25) is 0 Å². The van der Waals surface area contributed by atoms with E-state index in [1.54, 1.807) is 0 Å². The van der Waals surface area contributed by atoms with Crippen LogP contribution in [0.1, 0.15) is 78.1 Å². The quantitative estimate of drug-likeness (QED) is 0.113. The molecule has 12 aromatic rings. The lowest BCUT2D eigenvalue weighted by Gasteiger charge is -2.33. The molecule has 3 aliphatic carbocycles. The maximum Gasteiger partial charge on any atom is 0.0468 e. The minimum atomic E-state index is -0.123. The van der Waals surface area contributed by atoms with Crippen molar-refractivity contribution in [3.05, 3.63) is 341 Å². The molecule has 0 bridgehead atoms. The third-order valence-electron chi connectivity index (χ3n) is 18.7. The number of hydrogen-bond acceptors (Lipinski definition) is 2. The summed E-state index contributed by atoms with van der Waals surface area (Å²) in [7, 11) is 0. The first-order chi connectivity index (χ1) is 42.1. The molecular weight excluding hydrogens is 1040 g/mol. The Morgan fingerprint density at radius 3 is 1.17 bits per heavy atom. The number of allylic oxidation sites excluding steroid dienone is 4. The topological polar surface area (TPSA) is 6.48 Å². The van der Waals surface area contributed by atoms with Gasteiger partial charge in [0.15, 0.2) is 0 Å². The first-order valence-electron chi connectivity index (χ1n) is 30.3. The second-order valence-corrected chi connectivity index (χ2v) is 24.6. The Kier molecular flexibility index (Phi) is 13.1. The van der Waals surface area contributed by atoms with E-state index in [9.17, 15) is 0 Å². The van der Waals surface area contributed by atoms with E-state index in [0.29, 0.717) is 11.8 Å². The predicted octanol–water partition coefficient (Wildman–Crippen LogP) is 22.9. The molecule has 2 nitrogen and oxygen atoms in total. The summed E-state index contributed by atoms with van der Waals surface area (Å²) < 4.78 is 0. The minimum absolute atomic E-state index is 0.0364. The highest BCUT2D eigenvalue weighted by Gasteiger charge is 2.50. The van der Waals surface area contributed by atoms with Crippen molar-refractivity contribution in [1.29, 1.82) is 0 Å². The van der Waals surface area contributed by atoms with Gasteiger partial charge in [0.2, 0.25) is 0 Å². The van der Waals surface area contributed by atoms with Crippen molar-refractivity contribution in [1.82, 2.24) is 0 Å². The average molecular weight is 1100 g/mol. The average Bonchev–Trinajstić information content (AvgIpc) is 1.59. The van der Waals surface area contributed by atoms with Gasteiger partial charge in [-0.25, -0.2) is 0 Å². The Hall–Kier alpha value is -10.3. The molecule has 0 aliphatic heterocycles. The fourth-order valence-corrected chi connectivity index (χ4v) is 14.0. The van der Waals surface area contributed by atoms with E-state index in [0.717, 1.165) is 45.3 Å². The highest BCUT2D eigenvalue weighted by Crippen LogP contribution is 2.61. The van der Waals surface area contributed by atoms with Crippen LogP contribution >= 0.6 is 0 Å². The summed E-state index contributed by atoms with van der Waals surface area (Å²) in [6.45, 7) is 9.79. The molecule has 2 heteroatoms. The Labute approximate surface area is 506 Å². The third-order valence-corrected chi connectivity index (χ3v) is 18.7. The van der Waals surface area contributed by atoms with Crippen molar-refractivity contribution in [2.45, 2.75) is 44.4 Å². The lowest BCUT2D eigenvalue weighted by atomic mass is 9.70. The molecule has 412 valence electrons. The van der Waals surface area contributed by atoms with Crippen LogP contribution in [0.5, 0.6) is 0 Å². The number of para-hydroxylation sites is 2. The van der Waals surface area contributed by atoms with E-state index in [4.69, 9.17) is 0 Å². The van der Waals surface area contributed by atoms with Gasteiger partial charge in [-0.05, 0) is 190 Å². The number of benzene rings is 12. The summed E-state index contributed by atoms with van der Waals surface area (Å²) in [6, 6.07) is 102. The zero-order valence-corrected chi connectivity index (χ0v) is 49.1. The zero-order chi connectivity index (χ0) is 57.9. The Balaban J connectivity index is 0.620. The van der Waals surface area contributed by atoms with Crippen LogP contribution in [0.15, 0.2) is 297 Å². The normalized spacial score (nSPS) is 16.1. The first-order valence-corrected chi connectivity index (χ1v) is 30.3. The number of hydrogen-bond donors (Lipinski definition) is 0. The molecular formula is C84H66N2. The molecule has 0 amide bonds. The van der Waals surface area contributed by atoms with Gasteiger partial charge >= 0.3 is 0 Å². The number of fused-ring (bicyclic) bond motifs is 8. The van der Waals surface area contributed by atoms with Gasteiger partial charge in [-0.2, -0.15) is 0 Å². The van der Waals surface area contributed by atoms with Gasteiger partial charge in [0.1, 0.15) is 0 Å². The molecule has 0 spiro atoms. The van der Waals surface area contributed by atoms with E-state index >= 15 is 0 Å². The third kappa shape index (κ3) is 9.58. The van der Waals surface area contributed by atoms with Crippen LogP contribution < -0.4 is 9.80 Å². The SMILES string of the molecule is CC1(C)C2=CC3c4ccc(-c5ccc(/C=C/c6ccc(N(c7ccccc7)c7ccc8ccccc8c7)cc6)cc5)cc4C(C)(C)C3C=C2c2ccc(-c3ccc(/C=C/c4ccc(N(c5ccccc5)c5ccc6ccccc6c5)cc4)cc3)cc21.